The highest BCUT2D eigenvalue weighted by molar-refractivity contribution is 5.96. The molecule has 0 aliphatic carbocycles. The number of aromatic nitrogens is 1. The van der Waals surface area contributed by atoms with Gasteiger partial charge in [0, 0.05) is 55.8 Å². The van der Waals surface area contributed by atoms with E-state index in [4.69, 9.17) is 0 Å². The Kier molecular flexibility index (Phi) is 6.81. The van der Waals surface area contributed by atoms with Gasteiger partial charge in [-0.25, -0.2) is 0 Å². The second-order valence-corrected chi connectivity index (χ2v) is 8.77. The lowest BCUT2D eigenvalue weighted by Gasteiger charge is -2.39. The molecule has 1 fully saturated rings. The number of piperazine rings is 1. The number of hydrogen-bond donors (Lipinski definition) is 1. The molecule has 0 bridgehead atoms. The van der Waals surface area contributed by atoms with Crippen molar-refractivity contribution in [2.75, 3.05) is 39.8 Å². The van der Waals surface area contributed by atoms with E-state index in [1.165, 1.54) is 5.56 Å². The predicted molar refractivity (Wildman–Crippen MR) is 120 cm³/mol. The summed E-state index contributed by atoms with van der Waals surface area (Å²) >= 11 is 0. The SMILES string of the molecule is Cc1ccccc1-n1c(C)cc(C(=O)NCC(C(C)C)N2CCN(C)CC2)c1C. The van der Waals surface area contributed by atoms with E-state index < -0.39 is 0 Å². The number of nitrogens with one attached hydrogen (secondary N) is 1. The van der Waals surface area contributed by atoms with E-state index >= 15 is 0 Å². The minimum Gasteiger partial charge on any atom is -0.350 e. The molecule has 1 aliphatic heterocycles. The highest BCUT2D eigenvalue weighted by atomic mass is 16.1. The number of likely N-dealkylation sites (N-methyl/N-ethyl adjacent to an activating group) is 1. The van der Waals surface area contributed by atoms with Gasteiger partial charge in [0.25, 0.3) is 5.91 Å². The number of aryl methyl sites for hydroxylation is 2. The summed E-state index contributed by atoms with van der Waals surface area (Å²) in [5.74, 6) is 0.524. The summed E-state index contributed by atoms with van der Waals surface area (Å²) in [5.41, 5.74) is 5.19. The minimum atomic E-state index is 0.0257. The Labute approximate surface area is 175 Å². The van der Waals surface area contributed by atoms with Crippen LogP contribution >= 0.6 is 0 Å². The van der Waals surface area contributed by atoms with E-state index in [1.54, 1.807) is 0 Å². The van der Waals surface area contributed by atoms with Crippen molar-refractivity contribution < 1.29 is 4.79 Å². The summed E-state index contributed by atoms with van der Waals surface area (Å²) in [6, 6.07) is 10.7. The van der Waals surface area contributed by atoms with Crippen LogP contribution in [0.3, 0.4) is 0 Å². The second-order valence-electron chi connectivity index (χ2n) is 8.77. The second kappa shape index (κ2) is 9.14. The van der Waals surface area contributed by atoms with Gasteiger partial charge in [0.2, 0.25) is 0 Å². The van der Waals surface area contributed by atoms with Crippen molar-refractivity contribution >= 4 is 5.91 Å². The highest BCUT2D eigenvalue weighted by Crippen LogP contribution is 2.23. The molecular formula is C24H36N4O. The Morgan fingerprint density at radius 1 is 1.07 bits per heavy atom. The first-order chi connectivity index (χ1) is 13.8. The number of para-hydroxylation sites is 1. The van der Waals surface area contributed by atoms with Crippen molar-refractivity contribution in [3.05, 3.63) is 52.8 Å². The lowest BCUT2D eigenvalue weighted by Crippen LogP contribution is -2.54. The van der Waals surface area contributed by atoms with Gasteiger partial charge in [0.1, 0.15) is 0 Å². The summed E-state index contributed by atoms with van der Waals surface area (Å²) in [4.78, 5) is 18.0. The van der Waals surface area contributed by atoms with Crippen molar-refractivity contribution in [2.45, 2.75) is 40.7 Å². The Hall–Kier alpha value is -2.11. The van der Waals surface area contributed by atoms with E-state index in [0.29, 0.717) is 18.5 Å². The molecule has 2 aromatic rings. The molecule has 0 spiro atoms. The predicted octanol–water partition coefficient (Wildman–Crippen LogP) is 3.40. The zero-order chi connectivity index (χ0) is 21.1. The molecule has 0 saturated carbocycles. The standard InChI is InChI=1S/C24H36N4O/c1-17(2)23(27-13-11-26(6)12-14-27)16-25-24(29)21-15-19(4)28(20(21)5)22-10-8-7-9-18(22)3/h7-10,15,17,23H,11-14,16H2,1-6H3,(H,25,29). The molecule has 5 nitrogen and oxygen atoms in total. The van der Waals surface area contributed by atoms with Gasteiger partial charge in [-0.15, -0.1) is 0 Å². The van der Waals surface area contributed by atoms with Crippen LogP contribution in [0.25, 0.3) is 5.69 Å². The van der Waals surface area contributed by atoms with Gasteiger partial charge in [0.15, 0.2) is 0 Å². The fraction of sp³-hybridized carbons (Fsp3) is 0.542. The minimum absolute atomic E-state index is 0.0257. The smallest absolute Gasteiger partial charge is 0.253 e. The summed E-state index contributed by atoms with van der Waals surface area (Å²) in [6.07, 6.45) is 0. The first kappa shape index (κ1) is 21.6. The fourth-order valence-electron chi connectivity index (χ4n) is 4.41. The van der Waals surface area contributed by atoms with E-state index in [9.17, 15) is 4.79 Å². The molecule has 3 rings (SSSR count). The van der Waals surface area contributed by atoms with Gasteiger partial charge < -0.3 is 14.8 Å². The number of rotatable bonds is 6. The summed E-state index contributed by atoms with van der Waals surface area (Å²) in [7, 11) is 2.17. The monoisotopic (exact) mass is 396 g/mol. The van der Waals surface area contributed by atoms with Crippen LogP contribution in [0.4, 0.5) is 0 Å². The normalized spacial score (nSPS) is 16.9. The lowest BCUT2D eigenvalue weighted by molar-refractivity contribution is 0.0790. The molecule has 0 radical (unpaired) electrons. The van der Waals surface area contributed by atoms with Crippen LogP contribution in [0.2, 0.25) is 0 Å². The average molecular weight is 397 g/mol. The summed E-state index contributed by atoms with van der Waals surface area (Å²) < 4.78 is 2.19. The maximum atomic E-state index is 13.1. The number of nitrogens with zero attached hydrogens (tertiary/aromatic N) is 3. The third kappa shape index (κ3) is 4.73. The first-order valence-corrected chi connectivity index (χ1v) is 10.7. The van der Waals surface area contributed by atoms with Crippen LogP contribution in [-0.4, -0.2) is 66.1 Å². The lowest BCUT2D eigenvalue weighted by atomic mass is 10.0. The van der Waals surface area contributed by atoms with Gasteiger partial charge in [-0.3, -0.25) is 9.69 Å². The Morgan fingerprint density at radius 2 is 1.72 bits per heavy atom. The molecule has 1 N–H and O–H groups in total. The van der Waals surface area contributed by atoms with Gasteiger partial charge in [-0.2, -0.15) is 0 Å². The molecule has 2 heterocycles. The Balaban J connectivity index is 1.74. The van der Waals surface area contributed by atoms with Crippen LogP contribution in [-0.2, 0) is 0 Å². The van der Waals surface area contributed by atoms with Crippen molar-refractivity contribution in [3.63, 3.8) is 0 Å². The van der Waals surface area contributed by atoms with Crippen molar-refractivity contribution in [1.82, 2.24) is 19.7 Å². The summed E-state index contributed by atoms with van der Waals surface area (Å²) in [6.45, 7) is 15.7. The molecule has 1 aromatic carbocycles. The van der Waals surface area contributed by atoms with Crippen LogP contribution in [0, 0.1) is 26.7 Å². The van der Waals surface area contributed by atoms with Crippen molar-refractivity contribution in [1.29, 1.82) is 0 Å². The number of carbonyl (C=O) groups excluding carboxylic acids is 1. The van der Waals surface area contributed by atoms with E-state index in [2.05, 4.69) is 66.6 Å². The molecule has 1 saturated heterocycles. The van der Waals surface area contributed by atoms with Crippen LogP contribution < -0.4 is 5.32 Å². The van der Waals surface area contributed by atoms with E-state index in [0.717, 1.165) is 48.8 Å². The van der Waals surface area contributed by atoms with Crippen molar-refractivity contribution in [3.8, 4) is 5.69 Å². The largest absolute Gasteiger partial charge is 0.350 e. The number of hydrogen-bond acceptors (Lipinski definition) is 3. The molecule has 1 amide bonds. The zero-order valence-corrected chi connectivity index (χ0v) is 18.8. The van der Waals surface area contributed by atoms with Crippen LogP contribution in [0.5, 0.6) is 0 Å². The number of amides is 1. The molecule has 29 heavy (non-hydrogen) atoms. The molecule has 1 aliphatic rings. The quantitative estimate of drug-likeness (QED) is 0.814. The van der Waals surface area contributed by atoms with Gasteiger partial charge >= 0.3 is 0 Å². The van der Waals surface area contributed by atoms with Crippen LogP contribution in [0.1, 0.15) is 41.2 Å². The Bertz CT molecular complexity index is 847. The molecule has 1 unspecified atom stereocenters. The Morgan fingerprint density at radius 3 is 2.34 bits per heavy atom. The number of benzene rings is 1. The topological polar surface area (TPSA) is 40.5 Å². The third-order valence-electron chi connectivity index (χ3n) is 6.28. The summed E-state index contributed by atoms with van der Waals surface area (Å²) in [5, 5.41) is 3.23. The average Bonchev–Trinajstić information content (AvgIpc) is 2.98. The molecular weight excluding hydrogens is 360 g/mol. The number of carbonyl (C=O) groups is 1. The van der Waals surface area contributed by atoms with Gasteiger partial charge in [-0.1, -0.05) is 32.0 Å². The molecule has 158 valence electrons. The zero-order valence-electron chi connectivity index (χ0n) is 18.8. The first-order valence-electron chi connectivity index (χ1n) is 10.7. The van der Waals surface area contributed by atoms with Crippen molar-refractivity contribution in [2.24, 2.45) is 5.92 Å². The fourth-order valence-corrected chi connectivity index (χ4v) is 4.41. The van der Waals surface area contributed by atoms with Gasteiger partial charge in [0.05, 0.1) is 5.56 Å². The highest BCUT2D eigenvalue weighted by Gasteiger charge is 2.26. The molecule has 5 heteroatoms. The molecule has 1 atom stereocenters. The van der Waals surface area contributed by atoms with Crippen LogP contribution in [0.15, 0.2) is 30.3 Å². The van der Waals surface area contributed by atoms with E-state index in [-0.39, 0.29) is 5.91 Å². The third-order valence-corrected chi connectivity index (χ3v) is 6.28. The molecule has 1 aromatic heterocycles. The maximum Gasteiger partial charge on any atom is 0.253 e. The van der Waals surface area contributed by atoms with E-state index in [1.807, 2.05) is 25.1 Å². The maximum absolute atomic E-state index is 13.1. The van der Waals surface area contributed by atoms with Gasteiger partial charge in [-0.05, 0) is 51.4 Å².